The molecule has 0 radical (unpaired) electrons. The molecule has 0 fully saturated rings. The summed E-state index contributed by atoms with van der Waals surface area (Å²) >= 11 is 0. The molecule has 0 saturated heterocycles. The lowest BCUT2D eigenvalue weighted by Gasteiger charge is -2.13. The summed E-state index contributed by atoms with van der Waals surface area (Å²) in [4.78, 5) is 11.4. The number of hydrogen-bond acceptors (Lipinski definition) is 1. The summed E-state index contributed by atoms with van der Waals surface area (Å²) in [6, 6.07) is 4.47. The van der Waals surface area contributed by atoms with Gasteiger partial charge in [0.15, 0.2) is 0 Å². The molecule has 0 aliphatic rings. The molecule has 1 aromatic rings. The Labute approximate surface area is 110 Å². The summed E-state index contributed by atoms with van der Waals surface area (Å²) < 4.78 is 0. The zero-order valence-corrected chi connectivity index (χ0v) is 12.1. The number of carbonyl (C=O) groups excluding carboxylic acids is 1. The first-order valence-electron chi connectivity index (χ1n) is 6.51. The van der Waals surface area contributed by atoms with Crippen molar-refractivity contribution in [2.75, 3.05) is 6.54 Å². The highest BCUT2D eigenvalue weighted by Crippen LogP contribution is 2.16. The Bertz CT molecular complexity index is 401. The maximum Gasteiger partial charge on any atom is 0.314 e. The number of amides is 2. The second-order valence-corrected chi connectivity index (χ2v) is 5.18. The second-order valence-electron chi connectivity index (χ2n) is 5.18. The highest BCUT2D eigenvalue weighted by molar-refractivity contribution is 5.74. The van der Waals surface area contributed by atoms with E-state index in [0.717, 1.165) is 6.42 Å². The summed E-state index contributed by atoms with van der Waals surface area (Å²) in [5, 5.41) is 5.70. The van der Waals surface area contributed by atoms with E-state index in [-0.39, 0.29) is 12.1 Å². The predicted octanol–water partition coefficient (Wildman–Crippen LogP) is 2.86. The molecular weight excluding hydrogens is 224 g/mol. The molecular formula is C15H24N2O. The Morgan fingerprint density at radius 1 is 1.17 bits per heavy atom. The van der Waals surface area contributed by atoms with Crippen LogP contribution in [0.5, 0.6) is 0 Å². The van der Waals surface area contributed by atoms with Crippen LogP contribution in [-0.2, 0) is 6.42 Å². The van der Waals surface area contributed by atoms with Gasteiger partial charge in [-0.3, -0.25) is 0 Å². The molecule has 0 bridgehead atoms. The fourth-order valence-electron chi connectivity index (χ4n) is 2.22. The van der Waals surface area contributed by atoms with E-state index in [0.29, 0.717) is 6.54 Å². The normalized spacial score (nSPS) is 10.6. The summed E-state index contributed by atoms with van der Waals surface area (Å²) in [7, 11) is 0. The molecule has 0 unspecified atom stereocenters. The van der Waals surface area contributed by atoms with Gasteiger partial charge in [-0.25, -0.2) is 4.79 Å². The van der Waals surface area contributed by atoms with Crippen molar-refractivity contribution in [3.63, 3.8) is 0 Å². The third kappa shape index (κ3) is 4.40. The van der Waals surface area contributed by atoms with Crippen LogP contribution < -0.4 is 10.6 Å². The molecule has 0 spiro atoms. The number of urea groups is 1. The van der Waals surface area contributed by atoms with Crippen LogP contribution >= 0.6 is 0 Å². The van der Waals surface area contributed by atoms with Gasteiger partial charge < -0.3 is 10.6 Å². The van der Waals surface area contributed by atoms with Crippen LogP contribution in [0.1, 0.15) is 36.1 Å². The highest BCUT2D eigenvalue weighted by Gasteiger charge is 2.05. The fraction of sp³-hybridized carbons (Fsp3) is 0.533. The van der Waals surface area contributed by atoms with Crippen molar-refractivity contribution in [2.45, 2.75) is 47.1 Å². The van der Waals surface area contributed by atoms with Crippen LogP contribution in [0.15, 0.2) is 12.1 Å². The number of carbonyl (C=O) groups is 1. The topological polar surface area (TPSA) is 41.1 Å². The van der Waals surface area contributed by atoms with E-state index < -0.39 is 0 Å². The maximum absolute atomic E-state index is 11.4. The molecule has 0 aliphatic heterocycles. The van der Waals surface area contributed by atoms with E-state index in [2.05, 4.69) is 43.5 Å². The van der Waals surface area contributed by atoms with Gasteiger partial charge in [-0.1, -0.05) is 17.7 Å². The zero-order chi connectivity index (χ0) is 13.7. The third-order valence-electron chi connectivity index (χ3n) is 2.92. The molecule has 0 saturated carbocycles. The monoisotopic (exact) mass is 248 g/mol. The number of rotatable bonds is 4. The number of nitrogens with one attached hydrogen (secondary N) is 2. The minimum absolute atomic E-state index is 0.0904. The molecule has 0 atom stereocenters. The van der Waals surface area contributed by atoms with Gasteiger partial charge in [-0.05, 0) is 57.7 Å². The first-order valence-corrected chi connectivity index (χ1v) is 6.51. The summed E-state index contributed by atoms with van der Waals surface area (Å²) in [6.45, 7) is 10.9. The zero-order valence-electron chi connectivity index (χ0n) is 12.1. The molecule has 18 heavy (non-hydrogen) atoms. The summed E-state index contributed by atoms with van der Waals surface area (Å²) in [5.41, 5.74) is 5.24. The second kappa shape index (κ2) is 6.43. The van der Waals surface area contributed by atoms with Crippen molar-refractivity contribution < 1.29 is 4.79 Å². The van der Waals surface area contributed by atoms with Crippen LogP contribution in [0.4, 0.5) is 4.79 Å². The van der Waals surface area contributed by atoms with E-state index in [9.17, 15) is 4.79 Å². The van der Waals surface area contributed by atoms with E-state index in [1.165, 1.54) is 22.3 Å². The molecule has 0 aliphatic carbocycles. The Hall–Kier alpha value is -1.51. The minimum atomic E-state index is -0.0904. The highest BCUT2D eigenvalue weighted by atomic mass is 16.2. The minimum Gasteiger partial charge on any atom is -0.338 e. The van der Waals surface area contributed by atoms with Crippen LogP contribution in [0.2, 0.25) is 0 Å². The Balaban J connectivity index is 2.52. The maximum atomic E-state index is 11.4. The molecule has 3 nitrogen and oxygen atoms in total. The van der Waals surface area contributed by atoms with Crippen LogP contribution in [0, 0.1) is 20.8 Å². The summed E-state index contributed by atoms with van der Waals surface area (Å²) in [6.07, 6.45) is 0.878. The fourth-order valence-corrected chi connectivity index (χ4v) is 2.22. The van der Waals surface area contributed by atoms with Gasteiger partial charge in [0.2, 0.25) is 0 Å². The van der Waals surface area contributed by atoms with E-state index in [1.807, 2.05) is 13.8 Å². The van der Waals surface area contributed by atoms with Gasteiger partial charge in [0.05, 0.1) is 0 Å². The van der Waals surface area contributed by atoms with E-state index >= 15 is 0 Å². The lowest BCUT2D eigenvalue weighted by atomic mass is 9.97. The van der Waals surface area contributed by atoms with Crippen LogP contribution in [0.3, 0.4) is 0 Å². The molecule has 0 heterocycles. The molecule has 3 heteroatoms. The number of hydrogen-bond donors (Lipinski definition) is 2. The molecule has 1 rings (SSSR count). The smallest absolute Gasteiger partial charge is 0.314 e. The lowest BCUT2D eigenvalue weighted by Crippen LogP contribution is -2.40. The lowest BCUT2D eigenvalue weighted by molar-refractivity contribution is 0.238. The van der Waals surface area contributed by atoms with Crippen molar-refractivity contribution >= 4 is 6.03 Å². The summed E-state index contributed by atoms with van der Waals surface area (Å²) in [5.74, 6) is 0. The molecule has 100 valence electrons. The number of benzene rings is 1. The number of aryl methyl sites for hydroxylation is 3. The van der Waals surface area contributed by atoms with Crippen LogP contribution in [0.25, 0.3) is 0 Å². The first-order chi connectivity index (χ1) is 8.40. The Kier molecular flexibility index (Phi) is 5.20. The first kappa shape index (κ1) is 14.6. The quantitative estimate of drug-likeness (QED) is 0.845. The average molecular weight is 248 g/mol. The van der Waals surface area contributed by atoms with Gasteiger partial charge in [0, 0.05) is 12.6 Å². The standard InChI is InChI=1S/C15H24N2O/c1-10(2)17-15(18)16-7-6-14-12(4)8-11(3)9-13(14)5/h8-10H,6-7H2,1-5H3,(H2,16,17,18). The van der Waals surface area contributed by atoms with Gasteiger partial charge in [0.1, 0.15) is 0 Å². The molecule has 2 N–H and O–H groups in total. The molecule has 0 aromatic heterocycles. The Morgan fingerprint density at radius 3 is 2.22 bits per heavy atom. The van der Waals surface area contributed by atoms with Crippen molar-refractivity contribution in [3.05, 3.63) is 34.4 Å². The van der Waals surface area contributed by atoms with Crippen molar-refractivity contribution in [2.24, 2.45) is 0 Å². The van der Waals surface area contributed by atoms with Gasteiger partial charge in [-0.15, -0.1) is 0 Å². The Morgan fingerprint density at radius 2 is 1.72 bits per heavy atom. The van der Waals surface area contributed by atoms with Crippen molar-refractivity contribution in [3.8, 4) is 0 Å². The van der Waals surface area contributed by atoms with Crippen molar-refractivity contribution in [1.82, 2.24) is 10.6 Å². The average Bonchev–Trinajstić information content (AvgIpc) is 2.20. The molecule has 2 amide bonds. The van der Waals surface area contributed by atoms with Crippen molar-refractivity contribution in [1.29, 1.82) is 0 Å². The third-order valence-corrected chi connectivity index (χ3v) is 2.92. The molecule has 1 aromatic carbocycles. The van der Waals surface area contributed by atoms with Gasteiger partial charge in [0.25, 0.3) is 0 Å². The predicted molar refractivity (Wildman–Crippen MR) is 76.0 cm³/mol. The van der Waals surface area contributed by atoms with Gasteiger partial charge in [-0.2, -0.15) is 0 Å². The largest absolute Gasteiger partial charge is 0.338 e. The van der Waals surface area contributed by atoms with E-state index in [4.69, 9.17) is 0 Å². The SMILES string of the molecule is Cc1cc(C)c(CCNC(=O)NC(C)C)c(C)c1. The van der Waals surface area contributed by atoms with Crippen LogP contribution in [-0.4, -0.2) is 18.6 Å². The van der Waals surface area contributed by atoms with E-state index in [1.54, 1.807) is 0 Å². The van der Waals surface area contributed by atoms with Gasteiger partial charge >= 0.3 is 6.03 Å².